The molecule has 4 aromatic rings. The van der Waals surface area contributed by atoms with Gasteiger partial charge < -0.3 is 25.2 Å². The number of aromatic nitrogens is 2. The Morgan fingerprint density at radius 1 is 1.07 bits per heavy atom. The number of carboxylic acids is 1. The number of nitrogens with zero attached hydrogens (tertiary/aromatic N) is 3. The minimum atomic E-state index is -0.995. The predicted molar refractivity (Wildman–Crippen MR) is 154 cm³/mol. The molecule has 3 heterocycles. The number of anilines is 1. The van der Waals surface area contributed by atoms with Gasteiger partial charge in [0.25, 0.3) is 0 Å². The van der Waals surface area contributed by atoms with Crippen molar-refractivity contribution in [3.05, 3.63) is 113 Å². The average molecular weight is 558 g/mol. The lowest BCUT2D eigenvalue weighted by atomic mass is 9.96. The number of aryl methyl sites for hydroxylation is 1. The predicted octanol–water partition coefficient (Wildman–Crippen LogP) is 5.33. The summed E-state index contributed by atoms with van der Waals surface area (Å²) in [6.07, 6.45) is 1.81. The van der Waals surface area contributed by atoms with Crippen molar-refractivity contribution >= 4 is 34.9 Å². The van der Waals surface area contributed by atoms with Crippen molar-refractivity contribution < 1.29 is 19.1 Å². The molecule has 1 fully saturated rings. The Morgan fingerprint density at radius 3 is 2.58 bits per heavy atom. The van der Waals surface area contributed by atoms with E-state index in [1.165, 1.54) is 12.1 Å². The summed E-state index contributed by atoms with van der Waals surface area (Å²) < 4.78 is 16.1. The molecule has 3 N–H and O–H groups in total. The van der Waals surface area contributed by atoms with Gasteiger partial charge in [0.1, 0.15) is 5.82 Å². The lowest BCUT2D eigenvalue weighted by Crippen LogP contribution is -2.33. The second-order valence-electron chi connectivity index (χ2n) is 9.62. The van der Waals surface area contributed by atoms with Crippen molar-refractivity contribution in [1.82, 2.24) is 19.8 Å². The van der Waals surface area contributed by atoms with E-state index in [0.717, 1.165) is 28.3 Å². The first-order valence-electron chi connectivity index (χ1n) is 12.8. The maximum absolute atomic E-state index is 14.1. The van der Waals surface area contributed by atoms with E-state index in [2.05, 4.69) is 21.7 Å². The molecule has 1 amide bonds. The number of aromatic carboxylic acids is 1. The molecule has 0 spiro atoms. The van der Waals surface area contributed by atoms with Gasteiger partial charge >= 0.3 is 5.97 Å². The molecule has 10 heteroatoms. The van der Waals surface area contributed by atoms with Crippen LogP contribution in [0.15, 0.2) is 79.0 Å². The molecule has 40 heavy (non-hydrogen) atoms. The molecule has 1 saturated heterocycles. The second kappa shape index (κ2) is 11.3. The summed E-state index contributed by atoms with van der Waals surface area (Å²) in [4.78, 5) is 30.9. The van der Waals surface area contributed by atoms with Gasteiger partial charge in [-0.3, -0.25) is 9.78 Å². The molecule has 0 aliphatic carbocycles. The number of carboxylic acid groups (broad SMARTS) is 1. The van der Waals surface area contributed by atoms with E-state index in [1.54, 1.807) is 36.5 Å². The zero-order valence-corrected chi connectivity index (χ0v) is 22.8. The number of amides is 1. The number of pyridine rings is 1. The number of carbonyl (C=O) groups is 2. The zero-order chi connectivity index (χ0) is 28.4. The smallest absolute Gasteiger partial charge is 0.335 e. The summed E-state index contributed by atoms with van der Waals surface area (Å²) in [5, 5.41) is 16.0. The second-order valence-corrected chi connectivity index (χ2v) is 10.0. The zero-order valence-electron chi connectivity index (χ0n) is 22.0. The highest BCUT2D eigenvalue weighted by atomic mass is 32.1. The van der Waals surface area contributed by atoms with Crippen LogP contribution in [0, 0.1) is 19.7 Å². The van der Waals surface area contributed by atoms with Crippen LogP contribution in [0.25, 0.3) is 5.69 Å². The fourth-order valence-electron chi connectivity index (χ4n) is 5.24. The van der Waals surface area contributed by atoms with Gasteiger partial charge in [0.2, 0.25) is 5.91 Å². The summed E-state index contributed by atoms with van der Waals surface area (Å²) in [5.74, 6) is -1.82. The first-order chi connectivity index (χ1) is 19.2. The monoisotopic (exact) mass is 557 g/mol. The van der Waals surface area contributed by atoms with Gasteiger partial charge in [-0.2, -0.15) is 0 Å². The average Bonchev–Trinajstić information content (AvgIpc) is 3.43. The molecular weight excluding hydrogens is 529 g/mol. The van der Waals surface area contributed by atoms with Crippen molar-refractivity contribution in [1.29, 1.82) is 0 Å². The summed E-state index contributed by atoms with van der Waals surface area (Å²) in [5.41, 5.74) is 4.67. The first kappa shape index (κ1) is 27.0. The molecule has 0 radical (unpaired) electrons. The minimum Gasteiger partial charge on any atom is -0.478 e. The van der Waals surface area contributed by atoms with Crippen LogP contribution in [0.2, 0.25) is 0 Å². The van der Waals surface area contributed by atoms with E-state index < -0.39 is 11.8 Å². The normalized spacial score (nSPS) is 16.6. The van der Waals surface area contributed by atoms with E-state index in [-0.39, 0.29) is 42.2 Å². The minimum absolute atomic E-state index is 0.0843. The highest BCUT2D eigenvalue weighted by molar-refractivity contribution is 7.80. The van der Waals surface area contributed by atoms with Crippen LogP contribution in [-0.2, 0) is 4.79 Å². The summed E-state index contributed by atoms with van der Waals surface area (Å²) in [7, 11) is 0. The number of thiocarbonyl (C=S) groups is 1. The van der Waals surface area contributed by atoms with E-state index >= 15 is 0 Å². The Labute approximate surface area is 236 Å². The number of carbonyl (C=O) groups excluding carboxylic acids is 1. The van der Waals surface area contributed by atoms with Crippen LogP contribution < -0.4 is 10.6 Å². The highest BCUT2D eigenvalue weighted by Crippen LogP contribution is 2.41. The van der Waals surface area contributed by atoms with Gasteiger partial charge in [0.15, 0.2) is 5.11 Å². The molecule has 8 nitrogen and oxygen atoms in total. The Kier molecular flexibility index (Phi) is 7.61. The fraction of sp³-hybridized carbons (Fsp3) is 0.200. The van der Waals surface area contributed by atoms with Gasteiger partial charge in [0, 0.05) is 36.2 Å². The van der Waals surface area contributed by atoms with Crippen LogP contribution in [0.5, 0.6) is 0 Å². The van der Waals surface area contributed by atoms with Gasteiger partial charge in [0.05, 0.1) is 29.0 Å². The number of rotatable bonds is 8. The third kappa shape index (κ3) is 5.30. The van der Waals surface area contributed by atoms with Crippen LogP contribution in [0.4, 0.5) is 10.1 Å². The van der Waals surface area contributed by atoms with Crippen LogP contribution in [0.1, 0.15) is 51.5 Å². The van der Waals surface area contributed by atoms with Crippen molar-refractivity contribution in [3.8, 4) is 5.69 Å². The first-order valence-corrected chi connectivity index (χ1v) is 13.2. The van der Waals surface area contributed by atoms with Crippen molar-refractivity contribution in [2.45, 2.75) is 32.4 Å². The third-order valence-electron chi connectivity index (χ3n) is 7.07. The van der Waals surface area contributed by atoms with Crippen LogP contribution in [0.3, 0.4) is 0 Å². The Balaban J connectivity index is 1.49. The maximum atomic E-state index is 14.1. The summed E-state index contributed by atoms with van der Waals surface area (Å²) >= 11 is 5.74. The van der Waals surface area contributed by atoms with E-state index in [9.17, 15) is 19.1 Å². The largest absolute Gasteiger partial charge is 0.478 e. The van der Waals surface area contributed by atoms with Gasteiger partial charge in [-0.25, -0.2) is 9.18 Å². The van der Waals surface area contributed by atoms with Crippen molar-refractivity contribution in [2.24, 2.45) is 0 Å². The number of benzene rings is 2. The number of halogens is 1. The summed E-state index contributed by atoms with van der Waals surface area (Å²) in [6.45, 7) is 4.24. The van der Waals surface area contributed by atoms with E-state index in [4.69, 9.17) is 12.2 Å². The molecular formula is C30H28FN5O3S. The van der Waals surface area contributed by atoms with Crippen molar-refractivity contribution in [2.75, 3.05) is 11.9 Å². The number of para-hydroxylation sites is 1. The van der Waals surface area contributed by atoms with Crippen LogP contribution >= 0.6 is 12.2 Å². The Hall–Kier alpha value is -4.57. The number of hydrogen-bond acceptors (Lipinski definition) is 4. The third-order valence-corrected chi connectivity index (χ3v) is 7.42. The number of hydrogen-bond donors (Lipinski definition) is 3. The SMILES string of the molecule is Cc1cc([C@H]2[C@H](c3ccccn3)NC(=S)N2CCC(=O)Nc2ccccc2F)c(C)n1-c1cccc(C(=O)O)c1. The Bertz CT molecular complexity index is 1590. The van der Waals surface area contributed by atoms with Crippen molar-refractivity contribution in [3.63, 3.8) is 0 Å². The topological polar surface area (TPSA) is 99.5 Å². The van der Waals surface area contributed by atoms with Crippen LogP contribution in [-0.4, -0.2) is 43.1 Å². The molecule has 0 unspecified atom stereocenters. The Morgan fingerprint density at radius 2 is 1.85 bits per heavy atom. The molecule has 0 bridgehead atoms. The molecule has 2 aromatic carbocycles. The molecule has 204 valence electrons. The quantitative estimate of drug-likeness (QED) is 0.252. The van der Waals surface area contributed by atoms with Gasteiger partial charge in [-0.1, -0.05) is 24.3 Å². The molecule has 1 aliphatic rings. The highest BCUT2D eigenvalue weighted by Gasteiger charge is 2.41. The lowest BCUT2D eigenvalue weighted by Gasteiger charge is -2.28. The standard InChI is InChI=1S/C30H28FN5O3S/c1-18-16-22(19(2)36(18)21-9-7-8-20(17-21)29(38)39)28-27(25-12-5-6-14-32-25)34-30(40)35(28)15-13-26(37)33-24-11-4-3-10-23(24)31/h3-12,14,16-17,27-28H,13,15H2,1-2H3,(H,33,37)(H,34,40)(H,38,39)/t27-,28-/m0/s1. The molecule has 2 aromatic heterocycles. The maximum Gasteiger partial charge on any atom is 0.335 e. The van der Waals surface area contributed by atoms with E-state index in [0.29, 0.717) is 5.11 Å². The molecule has 2 atom stereocenters. The molecule has 0 saturated carbocycles. The molecule has 1 aliphatic heterocycles. The summed E-state index contributed by atoms with van der Waals surface area (Å²) in [6, 6.07) is 20.0. The fourth-order valence-corrected chi connectivity index (χ4v) is 5.58. The molecule has 5 rings (SSSR count). The number of nitrogens with one attached hydrogen (secondary N) is 2. The lowest BCUT2D eigenvalue weighted by molar-refractivity contribution is -0.116. The van der Waals surface area contributed by atoms with E-state index in [1.807, 2.05) is 47.6 Å². The van der Waals surface area contributed by atoms with Gasteiger partial charge in [-0.15, -0.1) is 0 Å². The van der Waals surface area contributed by atoms with Gasteiger partial charge in [-0.05, 0) is 80.2 Å².